The van der Waals surface area contributed by atoms with Crippen molar-refractivity contribution in [2.24, 2.45) is 0 Å². The van der Waals surface area contributed by atoms with Crippen LogP contribution in [0, 0.1) is 6.92 Å². The van der Waals surface area contributed by atoms with Gasteiger partial charge >= 0.3 is 6.09 Å². The number of unbranched alkanes of at least 4 members (excludes halogenated alkanes) is 4. The molecule has 0 bridgehead atoms. The van der Waals surface area contributed by atoms with Crippen molar-refractivity contribution in [3.63, 3.8) is 0 Å². The number of phenols is 1. The van der Waals surface area contributed by atoms with Crippen LogP contribution in [0.15, 0.2) is 42.5 Å². The summed E-state index contributed by atoms with van der Waals surface area (Å²) in [5, 5.41) is 15.9. The number of hydrogen-bond donors (Lipinski definition) is 3. The van der Waals surface area contributed by atoms with Crippen molar-refractivity contribution in [1.29, 1.82) is 0 Å². The molecule has 38 heavy (non-hydrogen) atoms. The molecule has 0 aromatic heterocycles. The van der Waals surface area contributed by atoms with Gasteiger partial charge in [-0.05, 0) is 63.4 Å². The number of amides is 3. The number of phenolic OH excluding ortho intramolecular Hbond substituents is 1. The zero-order valence-corrected chi connectivity index (χ0v) is 23.7. The normalized spacial score (nSPS) is 11.9. The molecular formula is C29H40ClN3O5. The third-order valence-electron chi connectivity index (χ3n) is 5.82. The Morgan fingerprint density at radius 1 is 1.05 bits per heavy atom. The van der Waals surface area contributed by atoms with E-state index in [1.54, 1.807) is 45.0 Å². The van der Waals surface area contributed by atoms with Crippen LogP contribution in [-0.2, 0) is 14.3 Å². The van der Waals surface area contributed by atoms with Crippen LogP contribution < -0.4 is 10.6 Å². The fraction of sp³-hybridized carbons (Fsp3) is 0.483. The number of anilines is 1. The lowest BCUT2D eigenvalue weighted by Crippen LogP contribution is -2.47. The number of ether oxygens (including phenoxy) is 1. The molecule has 0 fully saturated rings. The van der Waals surface area contributed by atoms with Gasteiger partial charge in [0.05, 0.1) is 10.7 Å². The monoisotopic (exact) mass is 545 g/mol. The van der Waals surface area contributed by atoms with Crippen molar-refractivity contribution in [2.75, 3.05) is 18.4 Å². The van der Waals surface area contributed by atoms with Crippen LogP contribution in [0.1, 0.15) is 77.0 Å². The van der Waals surface area contributed by atoms with Crippen LogP contribution in [-0.4, -0.2) is 46.6 Å². The summed E-state index contributed by atoms with van der Waals surface area (Å²) in [7, 11) is 0. The van der Waals surface area contributed by atoms with Gasteiger partial charge in [0.1, 0.15) is 23.9 Å². The summed E-state index contributed by atoms with van der Waals surface area (Å²) in [5.74, 6) is -0.965. The van der Waals surface area contributed by atoms with Gasteiger partial charge in [0.2, 0.25) is 5.91 Å². The molecule has 3 amide bonds. The number of carbonyl (C=O) groups is 3. The molecule has 0 heterocycles. The molecule has 0 radical (unpaired) electrons. The molecule has 9 heteroatoms. The largest absolute Gasteiger partial charge is 0.508 e. The molecule has 3 N–H and O–H groups in total. The van der Waals surface area contributed by atoms with Crippen LogP contribution in [0.4, 0.5) is 10.5 Å². The Labute approximate surface area is 230 Å². The van der Waals surface area contributed by atoms with Crippen molar-refractivity contribution in [3.8, 4) is 5.75 Å². The van der Waals surface area contributed by atoms with E-state index in [0.29, 0.717) is 22.7 Å². The summed E-state index contributed by atoms with van der Waals surface area (Å²) >= 11 is 6.36. The van der Waals surface area contributed by atoms with Gasteiger partial charge in [-0.25, -0.2) is 4.79 Å². The number of para-hydroxylation sites is 1. The zero-order valence-electron chi connectivity index (χ0n) is 23.0. The maximum atomic E-state index is 13.8. The molecule has 0 saturated heterocycles. The highest BCUT2D eigenvalue weighted by Crippen LogP contribution is 2.30. The van der Waals surface area contributed by atoms with Gasteiger partial charge in [0, 0.05) is 6.54 Å². The fourth-order valence-corrected chi connectivity index (χ4v) is 4.27. The Hall–Kier alpha value is -3.26. The smallest absolute Gasteiger partial charge is 0.408 e. The van der Waals surface area contributed by atoms with E-state index in [1.807, 2.05) is 13.0 Å². The fourth-order valence-electron chi connectivity index (χ4n) is 4.00. The number of nitrogens with one attached hydrogen (secondary N) is 2. The van der Waals surface area contributed by atoms with Crippen LogP contribution in [0.25, 0.3) is 0 Å². The number of alkyl carbamates (subject to hydrolysis) is 1. The molecule has 0 aliphatic carbocycles. The quantitative estimate of drug-likeness (QED) is 0.269. The van der Waals surface area contributed by atoms with Gasteiger partial charge in [-0.2, -0.15) is 0 Å². The highest BCUT2D eigenvalue weighted by Gasteiger charge is 2.32. The van der Waals surface area contributed by atoms with Gasteiger partial charge in [-0.15, -0.1) is 0 Å². The minimum absolute atomic E-state index is 0.0311. The van der Waals surface area contributed by atoms with Crippen LogP contribution >= 0.6 is 11.6 Å². The first-order chi connectivity index (χ1) is 17.9. The van der Waals surface area contributed by atoms with E-state index in [4.69, 9.17) is 16.3 Å². The lowest BCUT2D eigenvalue weighted by Gasteiger charge is -2.32. The first-order valence-electron chi connectivity index (χ1n) is 13.0. The SMILES string of the molecule is CCCCCCCN(C(=O)CNC(=O)OC(C)(C)C)C(C(=O)Nc1c(C)cccc1Cl)c1cccc(O)c1. The van der Waals surface area contributed by atoms with E-state index in [9.17, 15) is 19.5 Å². The zero-order chi connectivity index (χ0) is 28.3. The molecule has 2 rings (SSSR count). The van der Waals surface area contributed by atoms with Crippen molar-refractivity contribution in [2.45, 2.75) is 78.4 Å². The Morgan fingerprint density at radius 3 is 2.37 bits per heavy atom. The number of carbonyl (C=O) groups excluding carboxylic acids is 3. The molecule has 208 valence electrons. The number of rotatable bonds is 12. The number of benzene rings is 2. The summed E-state index contributed by atoms with van der Waals surface area (Å²) in [6, 6.07) is 10.5. The number of nitrogens with zero attached hydrogens (tertiary/aromatic N) is 1. The first-order valence-corrected chi connectivity index (χ1v) is 13.4. The highest BCUT2D eigenvalue weighted by molar-refractivity contribution is 6.34. The van der Waals surface area contributed by atoms with E-state index >= 15 is 0 Å². The van der Waals surface area contributed by atoms with Crippen LogP contribution in [0.5, 0.6) is 5.75 Å². The maximum absolute atomic E-state index is 13.8. The summed E-state index contributed by atoms with van der Waals surface area (Å²) in [6.07, 6.45) is 4.00. The van der Waals surface area contributed by atoms with Crippen molar-refractivity contribution in [3.05, 3.63) is 58.6 Å². The summed E-state index contributed by atoms with van der Waals surface area (Å²) in [5.41, 5.74) is 0.936. The van der Waals surface area contributed by atoms with Gasteiger partial charge in [-0.3, -0.25) is 9.59 Å². The molecule has 0 spiro atoms. The molecule has 0 aliphatic rings. The molecule has 2 aromatic rings. The van der Waals surface area contributed by atoms with Crippen LogP contribution in [0.2, 0.25) is 5.02 Å². The van der Waals surface area contributed by atoms with Gasteiger partial charge in [0.25, 0.3) is 5.91 Å². The summed E-state index contributed by atoms with van der Waals surface area (Å²) in [4.78, 5) is 41.0. The summed E-state index contributed by atoms with van der Waals surface area (Å²) in [6.45, 7) is 9.08. The Balaban J connectivity index is 2.39. The third kappa shape index (κ3) is 9.89. The minimum atomic E-state index is -1.07. The molecular weight excluding hydrogens is 506 g/mol. The molecule has 0 saturated carbocycles. The Bertz CT molecular complexity index is 1080. The predicted octanol–water partition coefficient (Wildman–Crippen LogP) is 6.36. The van der Waals surface area contributed by atoms with E-state index in [-0.39, 0.29) is 18.8 Å². The Morgan fingerprint density at radius 2 is 1.74 bits per heavy atom. The summed E-state index contributed by atoms with van der Waals surface area (Å²) < 4.78 is 5.26. The van der Waals surface area contributed by atoms with Crippen molar-refractivity contribution in [1.82, 2.24) is 10.2 Å². The second-order valence-corrected chi connectivity index (χ2v) is 10.7. The average molecular weight is 546 g/mol. The maximum Gasteiger partial charge on any atom is 0.408 e. The van der Waals surface area contributed by atoms with E-state index in [2.05, 4.69) is 17.6 Å². The molecule has 2 aromatic carbocycles. The molecule has 1 atom stereocenters. The Kier molecular flexibility index (Phi) is 11.9. The average Bonchev–Trinajstić information content (AvgIpc) is 2.83. The third-order valence-corrected chi connectivity index (χ3v) is 6.14. The predicted molar refractivity (Wildman–Crippen MR) is 150 cm³/mol. The number of halogens is 1. The minimum Gasteiger partial charge on any atom is -0.508 e. The second kappa shape index (κ2) is 14.6. The molecule has 1 unspecified atom stereocenters. The number of aromatic hydroxyl groups is 1. The second-order valence-electron chi connectivity index (χ2n) is 10.3. The lowest BCUT2D eigenvalue weighted by molar-refractivity contribution is -0.138. The lowest BCUT2D eigenvalue weighted by atomic mass is 10.0. The molecule has 8 nitrogen and oxygen atoms in total. The van der Waals surface area contributed by atoms with Crippen LogP contribution in [0.3, 0.4) is 0 Å². The number of hydrogen-bond acceptors (Lipinski definition) is 5. The van der Waals surface area contributed by atoms with Crippen molar-refractivity contribution < 1.29 is 24.2 Å². The molecule has 0 aliphatic heterocycles. The topological polar surface area (TPSA) is 108 Å². The van der Waals surface area contributed by atoms with E-state index in [1.165, 1.54) is 17.0 Å². The van der Waals surface area contributed by atoms with Gasteiger partial charge in [-0.1, -0.05) is 68.5 Å². The van der Waals surface area contributed by atoms with E-state index < -0.39 is 29.6 Å². The van der Waals surface area contributed by atoms with Gasteiger partial charge in [0.15, 0.2) is 0 Å². The van der Waals surface area contributed by atoms with Gasteiger partial charge < -0.3 is 25.4 Å². The first kappa shape index (κ1) is 31.0. The standard InChI is InChI=1S/C29H40ClN3O5/c1-6-7-8-9-10-17-33(24(35)19-31-28(37)38-29(3,4)5)26(21-14-12-15-22(34)18-21)27(36)32-25-20(2)13-11-16-23(25)30/h11-16,18,26,34H,6-10,17,19H2,1-5H3,(H,31,37)(H,32,36). The van der Waals surface area contributed by atoms with Crippen molar-refractivity contribution >= 4 is 35.2 Å². The highest BCUT2D eigenvalue weighted by atomic mass is 35.5. The van der Waals surface area contributed by atoms with E-state index in [0.717, 1.165) is 31.2 Å². The number of aryl methyl sites for hydroxylation is 1.